The second-order valence-corrected chi connectivity index (χ2v) is 6.36. The second kappa shape index (κ2) is 8.95. The first-order valence-electron chi connectivity index (χ1n) is 8.80. The van der Waals surface area contributed by atoms with Crippen LogP contribution in [0.4, 0.5) is 0 Å². The molecule has 1 saturated heterocycles. The Morgan fingerprint density at radius 1 is 1.15 bits per heavy atom. The summed E-state index contributed by atoms with van der Waals surface area (Å²) in [6.07, 6.45) is 0.434. The van der Waals surface area contributed by atoms with Crippen molar-refractivity contribution >= 4 is 5.91 Å². The smallest absolute Gasteiger partial charge is 0.240 e. The largest absolute Gasteiger partial charge is 0.378 e. The van der Waals surface area contributed by atoms with Crippen LogP contribution in [0.3, 0.4) is 0 Å². The Bertz CT molecular complexity index is 857. The van der Waals surface area contributed by atoms with Crippen molar-refractivity contribution in [2.24, 2.45) is 0 Å². The molecule has 1 fully saturated rings. The molecule has 2 N–H and O–H groups in total. The SMILES string of the molecule is N#Cc1ccc(-c2ccc(C[C@@H](C#N)NC(=O)[C@@H]3COCCN3)cc2)cc1. The number of rotatable bonds is 5. The summed E-state index contributed by atoms with van der Waals surface area (Å²) in [4.78, 5) is 12.2. The minimum Gasteiger partial charge on any atom is -0.378 e. The maximum atomic E-state index is 12.2. The third-order valence-corrected chi connectivity index (χ3v) is 4.45. The summed E-state index contributed by atoms with van der Waals surface area (Å²) >= 11 is 0. The van der Waals surface area contributed by atoms with Crippen LogP contribution in [0.5, 0.6) is 0 Å². The van der Waals surface area contributed by atoms with Crippen LogP contribution in [0, 0.1) is 22.7 Å². The van der Waals surface area contributed by atoms with Gasteiger partial charge in [0.05, 0.1) is 30.9 Å². The molecule has 2 aromatic carbocycles. The Kier molecular flexibility index (Phi) is 6.17. The number of carbonyl (C=O) groups is 1. The zero-order chi connectivity index (χ0) is 19.1. The number of hydrogen-bond donors (Lipinski definition) is 2. The van der Waals surface area contributed by atoms with Crippen molar-refractivity contribution in [3.8, 4) is 23.3 Å². The predicted octanol–water partition coefficient (Wildman–Crippen LogP) is 1.76. The molecule has 0 aromatic heterocycles. The number of amides is 1. The lowest BCUT2D eigenvalue weighted by Crippen LogP contribution is -2.53. The Balaban J connectivity index is 1.61. The van der Waals surface area contributed by atoms with Crippen LogP contribution in [0.25, 0.3) is 11.1 Å². The molecule has 2 atom stereocenters. The highest BCUT2D eigenvalue weighted by Gasteiger charge is 2.23. The quantitative estimate of drug-likeness (QED) is 0.847. The molecule has 6 nitrogen and oxygen atoms in total. The van der Waals surface area contributed by atoms with Gasteiger partial charge in [-0.25, -0.2) is 0 Å². The van der Waals surface area contributed by atoms with Gasteiger partial charge in [0.2, 0.25) is 5.91 Å². The van der Waals surface area contributed by atoms with Crippen LogP contribution < -0.4 is 10.6 Å². The summed E-state index contributed by atoms with van der Waals surface area (Å²) in [5, 5.41) is 24.1. The van der Waals surface area contributed by atoms with E-state index in [4.69, 9.17) is 10.00 Å². The van der Waals surface area contributed by atoms with E-state index < -0.39 is 12.1 Å². The molecule has 1 aliphatic heterocycles. The van der Waals surface area contributed by atoms with Gasteiger partial charge < -0.3 is 15.4 Å². The number of benzene rings is 2. The topological polar surface area (TPSA) is 97.9 Å². The van der Waals surface area contributed by atoms with E-state index in [9.17, 15) is 10.1 Å². The van der Waals surface area contributed by atoms with Crippen molar-refractivity contribution in [3.05, 3.63) is 59.7 Å². The van der Waals surface area contributed by atoms with Crippen molar-refractivity contribution in [1.29, 1.82) is 10.5 Å². The van der Waals surface area contributed by atoms with Gasteiger partial charge in [-0.05, 0) is 28.8 Å². The fourth-order valence-corrected chi connectivity index (χ4v) is 2.94. The van der Waals surface area contributed by atoms with Gasteiger partial charge in [0.1, 0.15) is 12.1 Å². The summed E-state index contributed by atoms with van der Waals surface area (Å²) in [7, 11) is 0. The molecule has 0 saturated carbocycles. The summed E-state index contributed by atoms with van der Waals surface area (Å²) in [5.41, 5.74) is 3.64. The summed E-state index contributed by atoms with van der Waals surface area (Å²) in [5.74, 6) is -0.213. The maximum Gasteiger partial charge on any atom is 0.240 e. The Hall–Kier alpha value is -3.19. The van der Waals surface area contributed by atoms with Crippen LogP contribution in [-0.4, -0.2) is 37.7 Å². The van der Waals surface area contributed by atoms with Gasteiger partial charge in [-0.3, -0.25) is 4.79 Å². The van der Waals surface area contributed by atoms with Crippen LogP contribution in [-0.2, 0) is 16.0 Å². The lowest BCUT2D eigenvalue weighted by atomic mass is 10.00. The van der Waals surface area contributed by atoms with Crippen molar-refractivity contribution in [2.75, 3.05) is 19.8 Å². The number of nitrogens with one attached hydrogen (secondary N) is 2. The first-order chi connectivity index (χ1) is 13.2. The van der Waals surface area contributed by atoms with E-state index in [1.165, 1.54) is 0 Å². The number of carbonyl (C=O) groups excluding carboxylic acids is 1. The molecule has 136 valence electrons. The summed E-state index contributed by atoms with van der Waals surface area (Å²) in [6, 6.07) is 18.5. The van der Waals surface area contributed by atoms with E-state index in [2.05, 4.69) is 22.8 Å². The van der Waals surface area contributed by atoms with Gasteiger partial charge in [-0.2, -0.15) is 10.5 Å². The van der Waals surface area contributed by atoms with E-state index in [1.54, 1.807) is 12.1 Å². The Morgan fingerprint density at radius 2 is 1.81 bits per heavy atom. The van der Waals surface area contributed by atoms with Gasteiger partial charge in [0, 0.05) is 13.0 Å². The number of ether oxygens (including phenoxy) is 1. The molecule has 0 spiro atoms. The minimum absolute atomic E-state index is 0.213. The highest BCUT2D eigenvalue weighted by Crippen LogP contribution is 2.20. The first kappa shape index (κ1) is 18.6. The fourth-order valence-electron chi connectivity index (χ4n) is 2.94. The zero-order valence-electron chi connectivity index (χ0n) is 14.8. The summed E-state index contributed by atoms with van der Waals surface area (Å²) in [6.45, 7) is 1.55. The monoisotopic (exact) mass is 360 g/mol. The highest BCUT2D eigenvalue weighted by molar-refractivity contribution is 5.82. The molecular weight excluding hydrogens is 340 g/mol. The minimum atomic E-state index is -0.595. The lowest BCUT2D eigenvalue weighted by molar-refractivity contribution is -0.126. The molecule has 27 heavy (non-hydrogen) atoms. The van der Waals surface area contributed by atoms with Crippen LogP contribution in [0.2, 0.25) is 0 Å². The van der Waals surface area contributed by atoms with Crippen molar-refractivity contribution in [3.63, 3.8) is 0 Å². The third-order valence-electron chi connectivity index (χ3n) is 4.45. The van der Waals surface area contributed by atoms with E-state index >= 15 is 0 Å². The summed E-state index contributed by atoms with van der Waals surface area (Å²) < 4.78 is 5.28. The van der Waals surface area contributed by atoms with E-state index in [0.717, 1.165) is 16.7 Å². The van der Waals surface area contributed by atoms with Gasteiger partial charge in [0.25, 0.3) is 0 Å². The molecule has 6 heteroatoms. The second-order valence-electron chi connectivity index (χ2n) is 6.36. The average Bonchev–Trinajstić information content (AvgIpc) is 2.74. The molecule has 0 bridgehead atoms. The molecule has 1 heterocycles. The number of nitrogens with zero attached hydrogens (tertiary/aromatic N) is 2. The number of morpholine rings is 1. The Morgan fingerprint density at radius 3 is 2.37 bits per heavy atom. The molecule has 0 radical (unpaired) electrons. The molecule has 0 unspecified atom stereocenters. The van der Waals surface area contributed by atoms with Crippen LogP contribution >= 0.6 is 0 Å². The molecular formula is C21H20N4O2. The molecule has 1 aliphatic rings. The lowest BCUT2D eigenvalue weighted by Gasteiger charge is -2.24. The van der Waals surface area contributed by atoms with E-state index in [1.807, 2.05) is 36.4 Å². The number of hydrogen-bond acceptors (Lipinski definition) is 5. The van der Waals surface area contributed by atoms with Crippen molar-refractivity contribution < 1.29 is 9.53 Å². The van der Waals surface area contributed by atoms with Gasteiger partial charge in [-0.15, -0.1) is 0 Å². The number of nitriles is 2. The molecule has 1 amide bonds. The zero-order valence-corrected chi connectivity index (χ0v) is 14.8. The Labute approximate surface area is 158 Å². The predicted molar refractivity (Wildman–Crippen MR) is 100 cm³/mol. The fraction of sp³-hybridized carbons (Fsp3) is 0.286. The van der Waals surface area contributed by atoms with E-state index in [-0.39, 0.29) is 5.91 Å². The standard InChI is InChI=1S/C21H20N4O2/c22-12-16-3-7-18(8-4-16)17-5-1-15(2-6-17)11-19(13-23)25-21(26)20-14-27-10-9-24-20/h1-8,19-20,24H,9-11,14H2,(H,25,26)/t19-,20-/m0/s1. The van der Waals surface area contributed by atoms with Crippen molar-refractivity contribution in [2.45, 2.75) is 18.5 Å². The molecule has 2 aromatic rings. The highest BCUT2D eigenvalue weighted by atomic mass is 16.5. The van der Waals surface area contributed by atoms with E-state index in [0.29, 0.717) is 31.7 Å². The van der Waals surface area contributed by atoms with Gasteiger partial charge in [-0.1, -0.05) is 36.4 Å². The van der Waals surface area contributed by atoms with Crippen LogP contribution in [0.15, 0.2) is 48.5 Å². The maximum absolute atomic E-state index is 12.2. The van der Waals surface area contributed by atoms with Crippen molar-refractivity contribution in [1.82, 2.24) is 10.6 Å². The average molecular weight is 360 g/mol. The third kappa shape index (κ3) is 4.92. The van der Waals surface area contributed by atoms with Gasteiger partial charge in [0.15, 0.2) is 0 Å². The van der Waals surface area contributed by atoms with Gasteiger partial charge >= 0.3 is 0 Å². The molecule has 3 rings (SSSR count). The van der Waals surface area contributed by atoms with Crippen LogP contribution in [0.1, 0.15) is 11.1 Å². The first-order valence-corrected chi connectivity index (χ1v) is 8.80. The molecule has 0 aliphatic carbocycles. The normalized spacial score (nSPS) is 17.3.